The molecule has 0 radical (unpaired) electrons. The molecule has 0 saturated carbocycles. The first-order chi connectivity index (χ1) is 9.65. The molecule has 0 fully saturated rings. The number of hydrogen-bond acceptors (Lipinski definition) is 0. The lowest BCUT2D eigenvalue weighted by atomic mass is 9.92. The van der Waals surface area contributed by atoms with E-state index < -0.39 is 0 Å². The van der Waals surface area contributed by atoms with Crippen molar-refractivity contribution < 1.29 is 0 Å². The zero-order valence-electron chi connectivity index (χ0n) is 12.4. The molecule has 0 nitrogen and oxygen atoms in total. The van der Waals surface area contributed by atoms with Crippen LogP contribution in [0.2, 0.25) is 0 Å². The van der Waals surface area contributed by atoms with Gasteiger partial charge in [0.15, 0.2) is 0 Å². The van der Waals surface area contributed by atoms with Crippen molar-refractivity contribution in [1.29, 1.82) is 0 Å². The van der Waals surface area contributed by atoms with E-state index in [0.717, 1.165) is 6.42 Å². The Morgan fingerprint density at radius 1 is 0.950 bits per heavy atom. The molecule has 4 rings (SSSR count). The van der Waals surface area contributed by atoms with E-state index in [1.807, 2.05) is 0 Å². The molecule has 0 heteroatoms. The summed E-state index contributed by atoms with van der Waals surface area (Å²) in [4.78, 5) is 0. The van der Waals surface area contributed by atoms with E-state index in [1.54, 1.807) is 0 Å². The van der Waals surface area contributed by atoms with E-state index in [-0.39, 0.29) is 0 Å². The predicted octanol–water partition coefficient (Wildman–Crippen LogP) is 5.41. The van der Waals surface area contributed by atoms with Crippen molar-refractivity contribution in [3.8, 4) is 11.1 Å². The van der Waals surface area contributed by atoms with Crippen LogP contribution in [0.4, 0.5) is 0 Å². The van der Waals surface area contributed by atoms with Crippen molar-refractivity contribution in [3.05, 3.63) is 64.7 Å². The van der Waals surface area contributed by atoms with Crippen LogP contribution in [0.1, 0.15) is 48.9 Å². The highest BCUT2D eigenvalue weighted by Gasteiger charge is 2.26. The second-order valence-electron chi connectivity index (χ2n) is 6.50. The fraction of sp³-hybridized carbons (Fsp3) is 0.300. The smallest absolute Gasteiger partial charge is 0.000184 e. The van der Waals surface area contributed by atoms with E-state index in [9.17, 15) is 0 Å². The first-order valence-electron chi connectivity index (χ1n) is 7.62. The monoisotopic (exact) mass is 260 g/mol. The van der Waals surface area contributed by atoms with E-state index in [4.69, 9.17) is 0 Å². The van der Waals surface area contributed by atoms with Crippen molar-refractivity contribution in [3.63, 3.8) is 0 Å². The molecule has 0 bridgehead atoms. The maximum Gasteiger partial charge on any atom is 0.000184 e. The van der Waals surface area contributed by atoms with Gasteiger partial charge >= 0.3 is 0 Å². The lowest BCUT2D eigenvalue weighted by Gasteiger charge is -2.13. The average Bonchev–Trinajstić information content (AvgIpc) is 2.95. The minimum atomic E-state index is 0.566. The molecule has 0 amide bonds. The van der Waals surface area contributed by atoms with Gasteiger partial charge in [0.2, 0.25) is 0 Å². The van der Waals surface area contributed by atoms with Crippen molar-refractivity contribution in [1.82, 2.24) is 0 Å². The summed E-state index contributed by atoms with van der Waals surface area (Å²) in [7, 11) is 0. The molecule has 2 aliphatic rings. The van der Waals surface area contributed by atoms with Crippen LogP contribution in [-0.2, 0) is 6.42 Å². The van der Waals surface area contributed by atoms with E-state index in [0.29, 0.717) is 11.8 Å². The minimum Gasteiger partial charge on any atom is -0.0732 e. The van der Waals surface area contributed by atoms with Crippen LogP contribution >= 0.6 is 0 Å². The molecule has 0 N–H and O–H groups in total. The van der Waals surface area contributed by atoms with Gasteiger partial charge in [0, 0.05) is 5.92 Å². The largest absolute Gasteiger partial charge is 0.0732 e. The number of rotatable bonds is 1. The van der Waals surface area contributed by atoms with Gasteiger partial charge in [-0.1, -0.05) is 57.2 Å². The van der Waals surface area contributed by atoms with Gasteiger partial charge in [-0.25, -0.2) is 0 Å². The molecular formula is C20H20. The van der Waals surface area contributed by atoms with E-state index in [2.05, 4.69) is 63.2 Å². The van der Waals surface area contributed by atoms with Crippen LogP contribution < -0.4 is 0 Å². The van der Waals surface area contributed by atoms with E-state index >= 15 is 0 Å². The second kappa shape index (κ2) is 4.09. The van der Waals surface area contributed by atoms with Crippen LogP contribution in [-0.4, -0.2) is 0 Å². The molecule has 0 saturated heterocycles. The lowest BCUT2D eigenvalue weighted by molar-refractivity contribution is 0.856. The fourth-order valence-electron chi connectivity index (χ4n) is 3.78. The molecule has 2 aromatic rings. The van der Waals surface area contributed by atoms with Gasteiger partial charge in [0.25, 0.3) is 0 Å². The standard InChI is InChI=1S/C20H20/c1-12(2)17-8-13(3)18-10-15-9-14-6-4-5-7-16(14)19(15)11-20(17)18/h4-8,10-13H,9H2,1-3H3. The average molecular weight is 260 g/mol. The quantitative estimate of drug-likeness (QED) is 0.548. The summed E-state index contributed by atoms with van der Waals surface area (Å²) >= 11 is 0. The Morgan fingerprint density at radius 3 is 2.55 bits per heavy atom. The SMILES string of the molecule is CC(C)C1=CC(C)c2cc3c(cc21)-c1ccccc1C3. The number of fused-ring (bicyclic) bond motifs is 4. The third-order valence-corrected chi connectivity index (χ3v) is 4.82. The lowest BCUT2D eigenvalue weighted by Crippen LogP contribution is -1.95. The summed E-state index contributed by atoms with van der Waals surface area (Å²) in [6.07, 6.45) is 3.55. The molecule has 100 valence electrons. The highest BCUT2D eigenvalue weighted by Crippen LogP contribution is 2.45. The Bertz CT molecular complexity index is 732. The predicted molar refractivity (Wildman–Crippen MR) is 85.9 cm³/mol. The maximum absolute atomic E-state index is 2.46. The Balaban J connectivity index is 1.93. The van der Waals surface area contributed by atoms with Gasteiger partial charge in [-0.3, -0.25) is 0 Å². The Morgan fingerprint density at radius 2 is 1.75 bits per heavy atom. The highest BCUT2D eigenvalue weighted by atomic mass is 14.3. The normalized spacial score (nSPS) is 18.8. The molecule has 0 aliphatic heterocycles. The van der Waals surface area contributed by atoms with Crippen LogP contribution in [0.3, 0.4) is 0 Å². The Hall–Kier alpha value is -1.82. The number of benzene rings is 2. The summed E-state index contributed by atoms with van der Waals surface area (Å²) in [6, 6.07) is 13.8. The molecule has 1 unspecified atom stereocenters. The first kappa shape index (κ1) is 12.0. The van der Waals surface area contributed by atoms with Crippen molar-refractivity contribution in [2.24, 2.45) is 5.92 Å². The van der Waals surface area contributed by atoms with Gasteiger partial charge in [0.05, 0.1) is 0 Å². The molecule has 1 atom stereocenters. The molecule has 0 heterocycles. The van der Waals surface area contributed by atoms with E-state index in [1.165, 1.54) is 39.0 Å². The second-order valence-corrected chi connectivity index (χ2v) is 6.50. The zero-order chi connectivity index (χ0) is 13.9. The highest BCUT2D eigenvalue weighted by molar-refractivity contribution is 5.84. The van der Waals surface area contributed by atoms with Gasteiger partial charge in [-0.05, 0) is 57.4 Å². The first-order valence-corrected chi connectivity index (χ1v) is 7.62. The molecule has 2 aliphatic carbocycles. The minimum absolute atomic E-state index is 0.566. The fourth-order valence-corrected chi connectivity index (χ4v) is 3.78. The van der Waals surface area contributed by atoms with Gasteiger partial charge in [0.1, 0.15) is 0 Å². The number of hydrogen-bond donors (Lipinski definition) is 0. The van der Waals surface area contributed by atoms with Crippen molar-refractivity contribution >= 4 is 5.57 Å². The van der Waals surface area contributed by atoms with Gasteiger partial charge in [-0.2, -0.15) is 0 Å². The molecule has 0 aromatic heterocycles. The summed E-state index contributed by atoms with van der Waals surface area (Å²) in [5.74, 6) is 1.17. The maximum atomic E-state index is 2.46. The van der Waals surface area contributed by atoms with Crippen LogP contribution in [0.5, 0.6) is 0 Å². The summed E-state index contributed by atoms with van der Waals surface area (Å²) in [5, 5.41) is 0. The van der Waals surface area contributed by atoms with Gasteiger partial charge < -0.3 is 0 Å². The zero-order valence-corrected chi connectivity index (χ0v) is 12.4. The third kappa shape index (κ3) is 1.54. The Kier molecular flexibility index (Phi) is 2.44. The molecule has 0 spiro atoms. The third-order valence-electron chi connectivity index (χ3n) is 4.82. The molecule has 20 heavy (non-hydrogen) atoms. The van der Waals surface area contributed by atoms with Crippen molar-refractivity contribution in [2.75, 3.05) is 0 Å². The summed E-state index contributed by atoms with van der Waals surface area (Å²) < 4.78 is 0. The molecule has 2 aromatic carbocycles. The molecular weight excluding hydrogens is 240 g/mol. The van der Waals surface area contributed by atoms with Crippen LogP contribution in [0.25, 0.3) is 16.7 Å². The summed E-state index contributed by atoms with van der Waals surface area (Å²) in [6.45, 7) is 6.92. The number of allylic oxidation sites excluding steroid dienone is 2. The topological polar surface area (TPSA) is 0 Å². The van der Waals surface area contributed by atoms with Crippen molar-refractivity contribution in [2.45, 2.75) is 33.1 Å². The van der Waals surface area contributed by atoms with Gasteiger partial charge in [-0.15, -0.1) is 0 Å². The Labute approximate surface area is 121 Å². The van der Waals surface area contributed by atoms with Crippen LogP contribution in [0.15, 0.2) is 42.5 Å². The van der Waals surface area contributed by atoms with Crippen LogP contribution in [0, 0.1) is 5.92 Å². The summed E-state index contributed by atoms with van der Waals surface area (Å²) in [5.41, 5.74) is 10.4.